The molecule has 0 radical (unpaired) electrons. The van der Waals surface area contributed by atoms with Gasteiger partial charge >= 0.3 is 0 Å². The molecule has 0 aliphatic heterocycles. The molecule has 0 aromatic carbocycles. The third kappa shape index (κ3) is 4.83. The number of anilines is 3. The van der Waals surface area contributed by atoms with Gasteiger partial charge in [0.05, 0.1) is 17.6 Å². The maximum absolute atomic E-state index is 12.6. The van der Waals surface area contributed by atoms with Gasteiger partial charge in [-0.25, -0.2) is 9.97 Å². The fourth-order valence-electron chi connectivity index (χ4n) is 4.27. The SMILES string of the molecule is Cc1c(N)cncc1-c1cc2cc(NC(=O)C=C3CCC(C(=O)N(C)C)CC3)ncc2c(N)n1. The molecular weight excluding hydrogens is 430 g/mol. The summed E-state index contributed by atoms with van der Waals surface area (Å²) < 4.78 is 0. The van der Waals surface area contributed by atoms with E-state index in [0.717, 1.165) is 47.8 Å². The maximum Gasteiger partial charge on any atom is 0.249 e. The summed E-state index contributed by atoms with van der Waals surface area (Å²) in [6.45, 7) is 1.91. The number of nitrogens with two attached hydrogens (primary N) is 2. The lowest BCUT2D eigenvalue weighted by molar-refractivity contribution is -0.133. The number of fused-ring (bicyclic) bond motifs is 1. The van der Waals surface area contributed by atoms with Crippen LogP contribution in [0, 0.1) is 12.8 Å². The van der Waals surface area contributed by atoms with E-state index < -0.39 is 0 Å². The van der Waals surface area contributed by atoms with Gasteiger partial charge < -0.3 is 21.7 Å². The number of nitrogen functional groups attached to an aromatic ring is 2. The van der Waals surface area contributed by atoms with E-state index in [2.05, 4.69) is 20.3 Å². The predicted molar refractivity (Wildman–Crippen MR) is 134 cm³/mol. The van der Waals surface area contributed by atoms with Crippen LogP contribution in [-0.4, -0.2) is 45.8 Å². The largest absolute Gasteiger partial charge is 0.397 e. The minimum Gasteiger partial charge on any atom is -0.397 e. The minimum absolute atomic E-state index is 0.0319. The lowest BCUT2D eigenvalue weighted by Gasteiger charge is -2.25. The van der Waals surface area contributed by atoms with Crippen molar-refractivity contribution in [2.75, 3.05) is 30.9 Å². The second-order valence-corrected chi connectivity index (χ2v) is 8.88. The molecule has 5 N–H and O–H groups in total. The molecule has 34 heavy (non-hydrogen) atoms. The van der Waals surface area contributed by atoms with Crippen LogP contribution in [0.2, 0.25) is 0 Å². The predicted octanol–water partition coefficient (Wildman–Crippen LogP) is 3.31. The molecule has 176 valence electrons. The standard InChI is InChI=1S/C25H29N7O2/c1-14-18(11-28-13-20(14)26)21-9-17-10-22(29-12-19(17)24(27)30-21)31-23(33)8-15-4-6-16(7-5-15)25(34)32(2)3/h8-13,16H,4-7,26H2,1-3H3,(H2,27,30)(H,29,31,33). The Balaban J connectivity index is 1.51. The van der Waals surface area contributed by atoms with Crippen LogP contribution in [0.4, 0.5) is 17.3 Å². The molecule has 9 heteroatoms. The van der Waals surface area contributed by atoms with Gasteiger partial charge in [-0.2, -0.15) is 0 Å². The van der Waals surface area contributed by atoms with E-state index in [4.69, 9.17) is 11.5 Å². The van der Waals surface area contributed by atoms with Crippen LogP contribution < -0.4 is 16.8 Å². The van der Waals surface area contributed by atoms with E-state index in [1.54, 1.807) is 49.7 Å². The smallest absolute Gasteiger partial charge is 0.249 e. The normalized spacial score (nSPS) is 15.7. The lowest BCUT2D eigenvalue weighted by atomic mass is 9.85. The van der Waals surface area contributed by atoms with Crippen LogP contribution in [-0.2, 0) is 9.59 Å². The van der Waals surface area contributed by atoms with Gasteiger partial charge in [-0.05, 0) is 55.7 Å². The number of nitrogens with zero attached hydrogens (tertiary/aromatic N) is 4. The van der Waals surface area contributed by atoms with Crippen molar-refractivity contribution in [2.24, 2.45) is 5.92 Å². The fourth-order valence-corrected chi connectivity index (χ4v) is 4.27. The van der Waals surface area contributed by atoms with Crippen molar-refractivity contribution in [3.63, 3.8) is 0 Å². The summed E-state index contributed by atoms with van der Waals surface area (Å²) in [6, 6.07) is 3.66. The highest BCUT2D eigenvalue weighted by atomic mass is 16.2. The summed E-state index contributed by atoms with van der Waals surface area (Å²) in [7, 11) is 3.55. The summed E-state index contributed by atoms with van der Waals surface area (Å²) in [5.74, 6) is 0.707. The van der Waals surface area contributed by atoms with Gasteiger partial charge in [0.25, 0.3) is 0 Å². The number of carbonyl (C=O) groups excluding carboxylic acids is 2. The van der Waals surface area contributed by atoms with Crippen molar-refractivity contribution in [3.8, 4) is 11.3 Å². The number of amides is 2. The summed E-state index contributed by atoms with van der Waals surface area (Å²) in [6.07, 6.45) is 9.53. The monoisotopic (exact) mass is 459 g/mol. The van der Waals surface area contributed by atoms with Crippen LogP contribution in [0.5, 0.6) is 0 Å². The first-order chi connectivity index (χ1) is 16.2. The number of pyridine rings is 3. The summed E-state index contributed by atoms with van der Waals surface area (Å²) in [5, 5.41) is 4.33. The molecule has 0 spiro atoms. The maximum atomic E-state index is 12.6. The first-order valence-electron chi connectivity index (χ1n) is 11.2. The summed E-state index contributed by atoms with van der Waals surface area (Å²) >= 11 is 0. The van der Waals surface area contributed by atoms with E-state index in [1.165, 1.54) is 0 Å². The molecule has 0 atom stereocenters. The summed E-state index contributed by atoms with van der Waals surface area (Å²) in [4.78, 5) is 39.4. The first kappa shape index (κ1) is 23.2. The zero-order valence-corrected chi connectivity index (χ0v) is 19.6. The van der Waals surface area contributed by atoms with Crippen molar-refractivity contribution in [1.29, 1.82) is 0 Å². The third-order valence-corrected chi connectivity index (χ3v) is 6.28. The van der Waals surface area contributed by atoms with E-state index in [1.807, 2.05) is 13.0 Å². The zero-order valence-electron chi connectivity index (χ0n) is 19.6. The van der Waals surface area contributed by atoms with Gasteiger partial charge in [0.15, 0.2) is 0 Å². The Kier molecular flexibility index (Phi) is 6.45. The van der Waals surface area contributed by atoms with Crippen LogP contribution in [0.1, 0.15) is 31.2 Å². The molecule has 1 aliphatic carbocycles. The van der Waals surface area contributed by atoms with Crippen molar-refractivity contribution in [3.05, 3.63) is 47.9 Å². The first-order valence-corrected chi connectivity index (χ1v) is 11.2. The van der Waals surface area contributed by atoms with Crippen molar-refractivity contribution >= 4 is 39.9 Å². The van der Waals surface area contributed by atoms with Crippen molar-refractivity contribution < 1.29 is 9.59 Å². The topological polar surface area (TPSA) is 140 Å². The highest BCUT2D eigenvalue weighted by Crippen LogP contribution is 2.31. The minimum atomic E-state index is -0.239. The highest BCUT2D eigenvalue weighted by Gasteiger charge is 2.24. The molecule has 0 bridgehead atoms. The Morgan fingerprint density at radius 1 is 1.12 bits per heavy atom. The third-order valence-electron chi connectivity index (χ3n) is 6.28. The molecule has 1 fully saturated rings. The number of nitrogens with one attached hydrogen (secondary N) is 1. The molecule has 2 amide bonds. The Morgan fingerprint density at radius 2 is 1.85 bits per heavy atom. The molecule has 0 unspecified atom stereocenters. The van der Waals surface area contributed by atoms with Gasteiger partial charge in [-0.3, -0.25) is 14.6 Å². The van der Waals surface area contributed by atoms with Crippen LogP contribution in [0.25, 0.3) is 22.0 Å². The highest BCUT2D eigenvalue weighted by molar-refractivity contribution is 6.01. The molecule has 3 aromatic rings. The lowest BCUT2D eigenvalue weighted by Crippen LogP contribution is -2.31. The zero-order chi connectivity index (χ0) is 24.4. The fraction of sp³-hybridized carbons (Fsp3) is 0.320. The van der Waals surface area contributed by atoms with Crippen molar-refractivity contribution in [2.45, 2.75) is 32.6 Å². The Bertz CT molecular complexity index is 1290. The van der Waals surface area contributed by atoms with E-state index in [0.29, 0.717) is 28.4 Å². The molecule has 1 saturated carbocycles. The molecule has 4 rings (SSSR count). The molecular formula is C25H29N7O2. The average Bonchev–Trinajstić information content (AvgIpc) is 2.80. The Labute approximate surface area is 198 Å². The number of aromatic nitrogens is 3. The molecule has 1 aliphatic rings. The molecule has 9 nitrogen and oxygen atoms in total. The van der Waals surface area contributed by atoms with Crippen LogP contribution in [0.3, 0.4) is 0 Å². The van der Waals surface area contributed by atoms with Crippen LogP contribution >= 0.6 is 0 Å². The van der Waals surface area contributed by atoms with Gasteiger partial charge in [0.1, 0.15) is 11.6 Å². The number of rotatable bonds is 4. The Hall–Kier alpha value is -4.01. The van der Waals surface area contributed by atoms with Gasteiger partial charge in [0.2, 0.25) is 11.8 Å². The molecule has 0 saturated heterocycles. The van der Waals surface area contributed by atoms with Gasteiger partial charge in [-0.15, -0.1) is 0 Å². The Morgan fingerprint density at radius 3 is 2.56 bits per heavy atom. The van der Waals surface area contributed by atoms with E-state index in [9.17, 15) is 9.59 Å². The number of hydrogen-bond acceptors (Lipinski definition) is 7. The second-order valence-electron chi connectivity index (χ2n) is 8.88. The number of carbonyl (C=O) groups is 2. The van der Waals surface area contributed by atoms with Gasteiger partial charge in [0, 0.05) is 49.4 Å². The van der Waals surface area contributed by atoms with Gasteiger partial charge in [-0.1, -0.05) is 5.57 Å². The molecule has 3 heterocycles. The second kappa shape index (κ2) is 9.46. The van der Waals surface area contributed by atoms with Crippen molar-refractivity contribution in [1.82, 2.24) is 19.9 Å². The van der Waals surface area contributed by atoms with Crippen LogP contribution in [0.15, 0.2) is 42.4 Å². The number of allylic oxidation sites excluding steroid dienone is 1. The quantitative estimate of drug-likeness (QED) is 0.508. The molecule has 3 aromatic heterocycles. The van der Waals surface area contributed by atoms with E-state index >= 15 is 0 Å². The number of hydrogen-bond donors (Lipinski definition) is 3. The summed E-state index contributed by atoms with van der Waals surface area (Å²) in [5.41, 5.74) is 16.1. The average molecular weight is 460 g/mol. The van der Waals surface area contributed by atoms with E-state index in [-0.39, 0.29) is 17.7 Å².